The van der Waals surface area contributed by atoms with Gasteiger partial charge in [0.2, 0.25) is 0 Å². The van der Waals surface area contributed by atoms with Crippen LogP contribution in [0.1, 0.15) is 13.8 Å². The average Bonchev–Trinajstić information content (AvgIpc) is 2.22. The molecule has 1 amide bonds. The molecule has 4 nitrogen and oxygen atoms in total. The number of aromatic nitrogens is 1. The monoisotopic (exact) mass is 338 g/mol. The zero-order valence-corrected chi connectivity index (χ0v) is 11.1. The van der Waals surface area contributed by atoms with Gasteiger partial charge in [-0.05, 0) is 42.5 Å². The smallest absolute Gasteiger partial charge is 0.251 e. The van der Waals surface area contributed by atoms with Crippen molar-refractivity contribution in [2.45, 2.75) is 20.0 Å². The fourth-order valence-corrected chi connectivity index (χ4v) is 1.37. The molecular formula is C10H12FIN2O2. The van der Waals surface area contributed by atoms with Crippen molar-refractivity contribution >= 4 is 34.3 Å². The van der Waals surface area contributed by atoms with Crippen LogP contribution in [0.25, 0.3) is 0 Å². The van der Waals surface area contributed by atoms with Gasteiger partial charge in [0.1, 0.15) is 18.2 Å². The van der Waals surface area contributed by atoms with Gasteiger partial charge in [-0.25, -0.2) is 9.37 Å². The van der Waals surface area contributed by atoms with Crippen LogP contribution in [-0.4, -0.2) is 23.6 Å². The molecule has 0 aliphatic heterocycles. The van der Waals surface area contributed by atoms with Gasteiger partial charge >= 0.3 is 0 Å². The van der Waals surface area contributed by atoms with Crippen molar-refractivity contribution in [1.29, 1.82) is 0 Å². The quantitative estimate of drug-likeness (QED) is 0.857. The highest BCUT2D eigenvalue weighted by atomic mass is 127. The van der Waals surface area contributed by atoms with Crippen molar-refractivity contribution in [2.75, 3.05) is 11.9 Å². The number of carbonyl (C=O) groups is 1. The first kappa shape index (κ1) is 13.3. The summed E-state index contributed by atoms with van der Waals surface area (Å²) in [4.78, 5) is 15.2. The standard InChI is InChI=1S/C10H12FIN2O2/c1-6(2)16-5-8(15)14-10-9(12)7(11)3-4-13-10/h3-4,6H,5H2,1-2H3,(H,13,14,15). The van der Waals surface area contributed by atoms with Crippen molar-refractivity contribution in [3.63, 3.8) is 0 Å². The third kappa shape index (κ3) is 4.01. The predicted molar refractivity (Wildman–Crippen MR) is 66.6 cm³/mol. The molecule has 1 heterocycles. The molecule has 0 fully saturated rings. The number of nitrogens with one attached hydrogen (secondary N) is 1. The van der Waals surface area contributed by atoms with E-state index in [2.05, 4.69) is 10.3 Å². The Labute approximate surface area is 107 Å². The molecule has 1 aromatic rings. The Morgan fingerprint density at radius 1 is 1.69 bits per heavy atom. The van der Waals surface area contributed by atoms with Gasteiger partial charge in [-0.15, -0.1) is 0 Å². The van der Waals surface area contributed by atoms with E-state index < -0.39 is 5.82 Å². The van der Waals surface area contributed by atoms with Gasteiger partial charge in [-0.3, -0.25) is 4.79 Å². The molecule has 88 valence electrons. The third-order valence-electron chi connectivity index (χ3n) is 1.65. The Bertz CT molecular complexity index is 385. The summed E-state index contributed by atoms with van der Waals surface area (Å²) in [5.74, 6) is -0.529. The lowest BCUT2D eigenvalue weighted by Gasteiger charge is -2.09. The Kier molecular flexibility index (Phi) is 5.07. The molecule has 0 bridgehead atoms. The van der Waals surface area contributed by atoms with E-state index in [1.54, 1.807) is 22.6 Å². The number of hydrogen-bond acceptors (Lipinski definition) is 3. The van der Waals surface area contributed by atoms with Crippen molar-refractivity contribution < 1.29 is 13.9 Å². The summed E-state index contributed by atoms with van der Waals surface area (Å²) in [6.07, 6.45) is 1.28. The second-order valence-electron chi connectivity index (χ2n) is 3.36. The van der Waals surface area contributed by atoms with Crippen LogP contribution in [0.4, 0.5) is 10.2 Å². The lowest BCUT2D eigenvalue weighted by molar-refractivity contribution is -0.121. The molecule has 0 aliphatic carbocycles. The highest BCUT2D eigenvalue weighted by molar-refractivity contribution is 14.1. The minimum Gasteiger partial charge on any atom is -0.369 e. The van der Waals surface area contributed by atoms with Crippen LogP contribution < -0.4 is 5.32 Å². The average molecular weight is 338 g/mol. The van der Waals surface area contributed by atoms with Gasteiger partial charge in [-0.2, -0.15) is 0 Å². The molecule has 0 atom stereocenters. The van der Waals surface area contributed by atoms with E-state index in [9.17, 15) is 9.18 Å². The molecule has 1 N–H and O–H groups in total. The van der Waals surface area contributed by atoms with Crippen LogP contribution in [0, 0.1) is 9.39 Å². The normalized spacial score (nSPS) is 10.6. The molecule has 1 aromatic heterocycles. The van der Waals surface area contributed by atoms with E-state index in [0.29, 0.717) is 0 Å². The number of halogens is 2. The molecule has 16 heavy (non-hydrogen) atoms. The SMILES string of the molecule is CC(C)OCC(=O)Nc1nccc(F)c1I. The van der Waals surface area contributed by atoms with E-state index in [1.165, 1.54) is 12.3 Å². The topological polar surface area (TPSA) is 51.2 Å². The predicted octanol–water partition coefficient (Wildman–Crippen LogP) is 2.19. The summed E-state index contributed by atoms with van der Waals surface area (Å²) >= 11 is 1.79. The maximum atomic E-state index is 13.1. The van der Waals surface area contributed by atoms with Crippen molar-refractivity contribution in [3.05, 3.63) is 21.7 Å². The summed E-state index contributed by atoms with van der Waals surface area (Å²) in [5, 5.41) is 2.48. The number of anilines is 1. The molecule has 0 unspecified atom stereocenters. The van der Waals surface area contributed by atoms with Gasteiger partial charge < -0.3 is 10.1 Å². The van der Waals surface area contributed by atoms with Crippen LogP contribution >= 0.6 is 22.6 Å². The first-order valence-electron chi connectivity index (χ1n) is 4.72. The molecule has 0 aliphatic rings. The highest BCUT2D eigenvalue weighted by Crippen LogP contribution is 2.17. The summed E-state index contributed by atoms with van der Waals surface area (Å²) in [6.45, 7) is 3.60. The van der Waals surface area contributed by atoms with E-state index in [0.717, 1.165) is 0 Å². The fraction of sp³-hybridized carbons (Fsp3) is 0.400. The maximum Gasteiger partial charge on any atom is 0.251 e. The van der Waals surface area contributed by atoms with Crippen LogP contribution in [0.15, 0.2) is 12.3 Å². The van der Waals surface area contributed by atoms with E-state index in [-0.39, 0.29) is 28.0 Å². The van der Waals surface area contributed by atoms with Crippen molar-refractivity contribution in [2.24, 2.45) is 0 Å². The Hall–Kier alpha value is -0.760. The zero-order valence-electron chi connectivity index (χ0n) is 8.96. The minimum atomic E-state index is -0.407. The fourth-order valence-electron chi connectivity index (χ4n) is 0.918. The molecule has 6 heteroatoms. The van der Waals surface area contributed by atoms with Gasteiger partial charge in [0, 0.05) is 6.20 Å². The summed E-state index contributed by atoms with van der Waals surface area (Å²) < 4.78 is 18.5. The lowest BCUT2D eigenvalue weighted by Crippen LogP contribution is -2.21. The minimum absolute atomic E-state index is 0.0229. The van der Waals surface area contributed by atoms with Gasteiger partial charge in [0.25, 0.3) is 5.91 Å². The zero-order chi connectivity index (χ0) is 12.1. The number of carbonyl (C=O) groups excluding carboxylic acids is 1. The number of pyridine rings is 1. The summed E-state index contributed by atoms with van der Waals surface area (Å²) in [7, 11) is 0. The Morgan fingerprint density at radius 2 is 2.38 bits per heavy atom. The van der Waals surface area contributed by atoms with Gasteiger partial charge in [0.05, 0.1) is 9.67 Å². The van der Waals surface area contributed by atoms with Crippen molar-refractivity contribution in [3.8, 4) is 0 Å². The molecule has 0 aromatic carbocycles. The summed E-state index contributed by atoms with van der Waals surface area (Å²) in [5.41, 5.74) is 0. The first-order chi connectivity index (χ1) is 7.50. The largest absolute Gasteiger partial charge is 0.369 e. The number of amides is 1. The van der Waals surface area contributed by atoms with Crippen LogP contribution in [0.2, 0.25) is 0 Å². The van der Waals surface area contributed by atoms with Crippen LogP contribution in [-0.2, 0) is 9.53 Å². The lowest BCUT2D eigenvalue weighted by atomic mass is 10.4. The van der Waals surface area contributed by atoms with E-state index in [4.69, 9.17) is 4.74 Å². The van der Waals surface area contributed by atoms with Gasteiger partial charge in [-0.1, -0.05) is 0 Å². The number of rotatable bonds is 4. The third-order valence-corrected chi connectivity index (χ3v) is 2.67. The first-order valence-corrected chi connectivity index (χ1v) is 5.80. The molecule has 0 radical (unpaired) electrons. The Balaban J connectivity index is 2.59. The second kappa shape index (κ2) is 6.09. The second-order valence-corrected chi connectivity index (χ2v) is 4.44. The maximum absolute atomic E-state index is 13.1. The van der Waals surface area contributed by atoms with E-state index in [1.807, 2.05) is 13.8 Å². The summed E-state index contributed by atoms with van der Waals surface area (Å²) in [6, 6.07) is 1.24. The molecule has 1 rings (SSSR count). The highest BCUT2D eigenvalue weighted by Gasteiger charge is 2.10. The van der Waals surface area contributed by atoms with Gasteiger partial charge in [0.15, 0.2) is 0 Å². The molecule has 0 saturated heterocycles. The van der Waals surface area contributed by atoms with Crippen LogP contribution in [0.5, 0.6) is 0 Å². The number of nitrogens with zero attached hydrogens (tertiary/aromatic N) is 1. The van der Waals surface area contributed by atoms with E-state index >= 15 is 0 Å². The van der Waals surface area contributed by atoms with Crippen molar-refractivity contribution in [1.82, 2.24) is 4.98 Å². The molecular weight excluding hydrogens is 326 g/mol. The number of ether oxygens (including phenoxy) is 1. The molecule has 0 spiro atoms. The van der Waals surface area contributed by atoms with Crippen LogP contribution in [0.3, 0.4) is 0 Å². The Morgan fingerprint density at radius 3 is 3.00 bits per heavy atom. The number of hydrogen-bond donors (Lipinski definition) is 1. The molecule has 0 saturated carbocycles.